The highest BCUT2D eigenvalue weighted by Gasteiger charge is 2.38. The Labute approximate surface area is 179 Å². The van der Waals surface area contributed by atoms with Gasteiger partial charge in [0.1, 0.15) is 11.0 Å². The Morgan fingerprint density at radius 3 is 2.63 bits per heavy atom. The Morgan fingerprint density at radius 2 is 2.03 bits per heavy atom. The molecule has 0 saturated carbocycles. The second kappa shape index (κ2) is 9.01. The molecule has 0 aliphatic carbocycles. The lowest BCUT2D eigenvalue weighted by molar-refractivity contribution is -0.159. The summed E-state index contributed by atoms with van der Waals surface area (Å²) in [4.78, 5) is 32.3. The van der Waals surface area contributed by atoms with Crippen LogP contribution in [0.1, 0.15) is 34.1 Å². The first-order chi connectivity index (χ1) is 14.6. The predicted octanol–water partition coefficient (Wildman–Crippen LogP) is 2.73. The largest absolute Gasteiger partial charge is 0.481 e. The molecule has 5 rings (SSSR count). The number of hydrogen-bond donors (Lipinski definition) is 1. The fourth-order valence-corrected chi connectivity index (χ4v) is 4.83. The normalized spacial score (nSPS) is 23.5. The highest BCUT2D eigenvalue weighted by atomic mass is 32.1. The maximum atomic E-state index is 13.2. The number of ether oxygens (including phenoxy) is 3. The number of thiophene rings is 1. The molecule has 30 heavy (non-hydrogen) atoms. The number of methoxy groups -OCH3 is 2. The zero-order chi connectivity index (χ0) is 21.1. The van der Waals surface area contributed by atoms with E-state index in [0.717, 1.165) is 32.5 Å². The van der Waals surface area contributed by atoms with E-state index in [0.29, 0.717) is 27.9 Å². The number of rotatable bonds is 7. The third-order valence-corrected chi connectivity index (χ3v) is 6.63. The third-order valence-electron chi connectivity index (χ3n) is 5.74. The molecule has 2 atom stereocenters. The summed E-state index contributed by atoms with van der Waals surface area (Å²) in [6.45, 7) is 2.91. The fraction of sp³-hybridized carbons (Fsp3) is 0.476. The number of piperidine rings is 3. The zero-order valence-electron chi connectivity index (χ0n) is 17.0. The van der Waals surface area contributed by atoms with Crippen LogP contribution in [0.2, 0.25) is 0 Å². The van der Waals surface area contributed by atoms with Gasteiger partial charge in [0, 0.05) is 24.4 Å². The Bertz CT molecular complexity index is 892. The van der Waals surface area contributed by atoms with E-state index in [-0.39, 0.29) is 12.1 Å². The number of pyridine rings is 1. The lowest BCUT2D eigenvalue weighted by atomic mass is 9.86. The molecule has 8 nitrogen and oxygen atoms in total. The van der Waals surface area contributed by atoms with Crippen molar-refractivity contribution < 1.29 is 23.8 Å². The topological polar surface area (TPSA) is 90.0 Å². The van der Waals surface area contributed by atoms with Crippen molar-refractivity contribution in [1.82, 2.24) is 9.88 Å². The predicted molar refractivity (Wildman–Crippen MR) is 112 cm³/mol. The molecule has 0 spiro atoms. The molecule has 2 aromatic rings. The van der Waals surface area contributed by atoms with Gasteiger partial charge in [-0.2, -0.15) is 0 Å². The van der Waals surface area contributed by atoms with Crippen LogP contribution < -0.4 is 10.1 Å². The number of nitrogens with zero attached hydrogens (tertiary/aromatic N) is 2. The quantitative estimate of drug-likeness (QED) is 0.670. The smallest absolute Gasteiger partial charge is 0.350 e. The van der Waals surface area contributed by atoms with Crippen molar-refractivity contribution >= 4 is 29.0 Å². The fourth-order valence-electron chi connectivity index (χ4n) is 4.05. The summed E-state index contributed by atoms with van der Waals surface area (Å²) in [5.41, 5.74) is 1.16. The first-order valence-electron chi connectivity index (χ1n) is 9.94. The summed E-state index contributed by atoms with van der Waals surface area (Å²) in [5.74, 6) is 0.0157. The van der Waals surface area contributed by atoms with Gasteiger partial charge in [0.05, 0.1) is 19.9 Å². The highest BCUT2D eigenvalue weighted by molar-refractivity contribution is 7.12. The molecule has 2 aromatic heterocycles. The van der Waals surface area contributed by atoms with Gasteiger partial charge in [0.2, 0.25) is 5.88 Å². The van der Waals surface area contributed by atoms with Crippen molar-refractivity contribution in [3.8, 4) is 5.88 Å². The molecule has 9 heteroatoms. The van der Waals surface area contributed by atoms with E-state index >= 15 is 0 Å². The molecule has 3 fully saturated rings. The van der Waals surface area contributed by atoms with Crippen LogP contribution in [0.25, 0.3) is 0 Å². The van der Waals surface area contributed by atoms with E-state index in [1.165, 1.54) is 25.6 Å². The van der Waals surface area contributed by atoms with Crippen molar-refractivity contribution in [3.63, 3.8) is 0 Å². The van der Waals surface area contributed by atoms with Crippen LogP contribution >= 0.6 is 11.3 Å². The summed E-state index contributed by atoms with van der Waals surface area (Å²) >= 11 is 1.25. The number of carbonyl (C=O) groups is 2. The Morgan fingerprint density at radius 1 is 1.23 bits per heavy atom. The number of nitrogens with one attached hydrogen (secondary N) is 1. The van der Waals surface area contributed by atoms with E-state index in [2.05, 4.69) is 15.2 Å². The number of esters is 2. The summed E-state index contributed by atoms with van der Waals surface area (Å²) in [6, 6.07) is 4.41. The molecule has 2 bridgehead atoms. The Kier molecular flexibility index (Phi) is 6.19. The molecule has 1 unspecified atom stereocenters. The van der Waals surface area contributed by atoms with Crippen LogP contribution in [0.5, 0.6) is 5.88 Å². The number of anilines is 1. The monoisotopic (exact) mass is 431 g/mol. The van der Waals surface area contributed by atoms with Crippen molar-refractivity contribution in [3.05, 3.63) is 40.2 Å². The van der Waals surface area contributed by atoms with Gasteiger partial charge in [0.25, 0.3) is 0 Å². The van der Waals surface area contributed by atoms with Crippen molar-refractivity contribution in [1.29, 1.82) is 0 Å². The molecular formula is C21H25N3O5S. The third kappa shape index (κ3) is 4.27. The molecule has 3 saturated heterocycles. The Hall–Kier alpha value is -2.65. The van der Waals surface area contributed by atoms with Gasteiger partial charge in [-0.15, -0.1) is 11.3 Å². The van der Waals surface area contributed by atoms with Crippen LogP contribution in [0, 0.1) is 5.92 Å². The van der Waals surface area contributed by atoms with Crippen molar-refractivity contribution in [2.24, 2.45) is 5.92 Å². The van der Waals surface area contributed by atoms with Crippen LogP contribution in [-0.4, -0.2) is 61.8 Å². The summed E-state index contributed by atoms with van der Waals surface area (Å²) in [7, 11) is 2.87. The van der Waals surface area contributed by atoms with Crippen LogP contribution in [-0.2, 0) is 14.3 Å². The molecule has 0 radical (unpaired) electrons. The van der Waals surface area contributed by atoms with Gasteiger partial charge in [-0.25, -0.2) is 14.6 Å². The maximum Gasteiger partial charge on any atom is 0.350 e. The first kappa shape index (κ1) is 20.6. The first-order valence-corrected chi connectivity index (χ1v) is 10.8. The number of carbonyl (C=O) groups excluding carboxylic acids is 2. The van der Waals surface area contributed by atoms with E-state index in [1.807, 2.05) is 0 Å². The van der Waals surface area contributed by atoms with E-state index < -0.39 is 12.0 Å². The zero-order valence-corrected chi connectivity index (χ0v) is 17.8. The molecule has 1 N–H and O–H groups in total. The number of fused-ring (bicyclic) bond motifs is 3. The van der Waals surface area contributed by atoms with E-state index in [4.69, 9.17) is 14.2 Å². The number of hydrogen-bond acceptors (Lipinski definition) is 9. The maximum absolute atomic E-state index is 13.2. The van der Waals surface area contributed by atoms with Crippen LogP contribution in [0.3, 0.4) is 0 Å². The minimum atomic E-state index is -0.808. The number of aromatic nitrogens is 1. The van der Waals surface area contributed by atoms with Gasteiger partial charge in [-0.1, -0.05) is 0 Å². The van der Waals surface area contributed by atoms with Crippen molar-refractivity contribution in [2.75, 3.05) is 39.2 Å². The van der Waals surface area contributed by atoms with Gasteiger partial charge in [0.15, 0.2) is 6.04 Å². The second-order valence-electron chi connectivity index (χ2n) is 7.48. The molecule has 160 valence electrons. The molecule has 0 amide bonds. The SMILES string of the molecule is COC(=O)c1sccc1NC(C(=O)O[C@H]1CN2CCC1CC2)c1ccc(OC)nc1. The summed E-state index contributed by atoms with van der Waals surface area (Å²) in [6.07, 6.45) is 3.57. The lowest BCUT2D eigenvalue weighted by Crippen LogP contribution is -2.52. The standard InChI is InChI=1S/C21H25N3O5S/c1-27-17-4-3-14(11-22-17)18(23-15-7-10-30-19(15)21(26)28-2)20(25)29-16-12-24-8-5-13(16)6-9-24/h3-4,7,10-11,13,16,18,23H,5-6,8-9,12H2,1-2H3/t16-,18?/m0/s1. The lowest BCUT2D eigenvalue weighted by Gasteiger charge is -2.44. The minimum Gasteiger partial charge on any atom is -0.481 e. The summed E-state index contributed by atoms with van der Waals surface area (Å²) < 4.78 is 15.9. The van der Waals surface area contributed by atoms with E-state index in [9.17, 15) is 9.59 Å². The molecular weight excluding hydrogens is 406 g/mol. The van der Waals surface area contributed by atoms with Crippen LogP contribution in [0.15, 0.2) is 29.8 Å². The average molecular weight is 432 g/mol. The molecule has 3 aliphatic heterocycles. The molecule has 3 aliphatic rings. The van der Waals surface area contributed by atoms with Gasteiger partial charge in [-0.3, -0.25) is 4.90 Å². The van der Waals surface area contributed by atoms with E-state index in [1.54, 1.807) is 29.8 Å². The Balaban J connectivity index is 1.57. The molecule has 5 heterocycles. The average Bonchev–Trinajstić information content (AvgIpc) is 3.26. The van der Waals surface area contributed by atoms with Gasteiger partial charge < -0.3 is 19.5 Å². The highest BCUT2D eigenvalue weighted by Crippen LogP contribution is 2.32. The second-order valence-corrected chi connectivity index (χ2v) is 8.40. The van der Waals surface area contributed by atoms with Gasteiger partial charge >= 0.3 is 11.9 Å². The molecule has 0 aromatic carbocycles. The van der Waals surface area contributed by atoms with Gasteiger partial charge in [-0.05, 0) is 49.4 Å². The minimum absolute atomic E-state index is 0.113. The van der Waals surface area contributed by atoms with Crippen LogP contribution in [0.4, 0.5) is 5.69 Å². The van der Waals surface area contributed by atoms with Crippen molar-refractivity contribution in [2.45, 2.75) is 25.0 Å². The summed E-state index contributed by atoms with van der Waals surface area (Å²) in [5, 5.41) is 4.95.